The zero-order valence-corrected chi connectivity index (χ0v) is 18.6. The summed E-state index contributed by atoms with van der Waals surface area (Å²) < 4.78 is 28.0. The monoisotopic (exact) mass is 438 g/mol. The van der Waals surface area contributed by atoms with Crippen LogP contribution in [0, 0.1) is 5.92 Å². The van der Waals surface area contributed by atoms with Crippen LogP contribution in [0.2, 0.25) is 0 Å². The zero-order valence-electron chi connectivity index (χ0n) is 16.9. The van der Waals surface area contributed by atoms with Gasteiger partial charge in [0.15, 0.2) is 11.9 Å². The van der Waals surface area contributed by atoms with Crippen LogP contribution in [0.25, 0.3) is 33.3 Å². The minimum Gasteiger partial charge on any atom is -0.298 e. The van der Waals surface area contributed by atoms with Crippen molar-refractivity contribution in [3.63, 3.8) is 0 Å². The maximum absolute atomic E-state index is 13.4. The highest BCUT2D eigenvalue weighted by atomic mass is 32.2. The van der Waals surface area contributed by atoms with Gasteiger partial charge in [-0.1, -0.05) is 38.1 Å². The first-order valence-corrected chi connectivity index (χ1v) is 12.1. The van der Waals surface area contributed by atoms with Crippen molar-refractivity contribution in [2.45, 2.75) is 26.0 Å². The van der Waals surface area contributed by atoms with E-state index in [0.29, 0.717) is 27.7 Å². The molecular weight excluding hydrogens is 416 g/mol. The van der Waals surface area contributed by atoms with Crippen LogP contribution in [0.15, 0.2) is 59.6 Å². The lowest BCUT2D eigenvalue weighted by molar-refractivity contribution is 0.112. The second-order valence-electron chi connectivity index (χ2n) is 7.64. The molecule has 154 valence electrons. The molecule has 30 heavy (non-hydrogen) atoms. The highest BCUT2D eigenvalue weighted by molar-refractivity contribution is 7.90. The van der Waals surface area contributed by atoms with E-state index >= 15 is 0 Å². The van der Waals surface area contributed by atoms with Crippen molar-refractivity contribution in [2.75, 3.05) is 0 Å². The van der Waals surface area contributed by atoms with Crippen molar-refractivity contribution in [1.82, 2.24) is 8.96 Å². The van der Waals surface area contributed by atoms with Crippen LogP contribution in [0.4, 0.5) is 0 Å². The molecule has 0 fully saturated rings. The van der Waals surface area contributed by atoms with Crippen molar-refractivity contribution in [3.8, 4) is 22.3 Å². The molecule has 3 heterocycles. The van der Waals surface area contributed by atoms with Crippen LogP contribution < -0.4 is 0 Å². The van der Waals surface area contributed by atoms with E-state index in [4.69, 9.17) is 0 Å². The molecule has 0 saturated carbocycles. The van der Waals surface area contributed by atoms with E-state index in [-0.39, 0.29) is 5.92 Å². The summed E-state index contributed by atoms with van der Waals surface area (Å²) in [6.07, 6.45) is 4.09. The van der Waals surface area contributed by atoms with Gasteiger partial charge in [0, 0.05) is 34.5 Å². The lowest BCUT2D eigenvalue weighted by Gasteiger charge is -2.17. The summed E-state index contributed by atoms with van der Waals surface area (Å²) in [6, 6.07) is 11.1. The fraction of sp³-hybridized carbons (Fsp3) is 0.217. The minimum absolute atomic E-state index is 0.0526. The van der Waals surface area contributed by atoms with Gasteiger partial charge >= 0.3 is 0 Å². The number of nitrogens with zero attached hydrogens (tertiary/aromatic N) is 2. The molecule has 0 bridgehead atoms. The van der Waals surface area contributed by atoms with Crippen LogP contribution in [0.1, 0.15) is 31.1 Å². The molecular formula is C23H22N2O3S2. The molecule has 1 atom stereocenters. The van der Waals surface area contributed by atoms with Gasteiger partial charge in [0.25, 0.3) is 0 Å². The molecule has 0 radical (unpaired) electrons. The summed E-state index contributed by atoms with van der Waals surface area (Å²) in [5, 5.41) is 4.13. The summed E-state index contributed by atoms with van der Waals surface area (Å²) >= 11 is 1.59. The normalized spacial score (nSPS) is 13.1. The van der Waals surface area contributed by atoms with E-state index in [0.717, 1.165) is 17.4 Å². The highest BCUT2D eigenvalue weighted by Crippen LogP contribution is 2.36. The number of benzene rings is 1. The molecule has 0 aliphatic rings. The molecule has 7 heteroatoms. The average molecular weight is 439 g/mol. The van der Waals surface area contributed by atoms with Crippen molar-refractivity contribution >= 4 is 38.7 Å². The fourth-order valence-electron chi connectivity index (χ4n) is 3.44. The predicted octanol–water partition coefficient (Wildman–Crippen LogP) is 5.47. The Hall–Kier alpha value is -2.77. The number of fused-ring (bicyclic) bond motifs is 1. The van der Waals surface area contributed by atoms with Gasteiger partial charge in [0.2, 0.25) is 10.0 Å². The van der Waals surface area contributed by atoms with Crippen LogP contribution in [-0.4, -0.2) is 28.9 Å². The zero-order chi connectivity index (χ0) is 21.5. The Morgan fingerprint density at radius 1 is 1.07 bits per heavy atom. The number of hydrogen-bond acceptors (Lipinski definition) is 5. The minimum atomic E-state index is -3.67. The molecule has 3 aromatic heterocycles. The van der Waals surface area contributed by atoms with Crippen molar-refractivity contribution in [3.05, 3.63) is 65.1 Å². The van der Waals surface area contributed by atoms with Gasteiger partial charge in [0.05, 0.1) is 5.25 Å². The molecule has 0 amide bonds. The number of hydrogen-bond donors (Lipinski definition) is 0. The highest BCUT2D eigenvalue weighted by Gasteiger charge is 2.29. The molecule has 4 aromatic rings. The Labute approximate surface area is 180 Å². The number of rotatable bonds is 6. The number of thiophene rings is 1. The van der Waals surface area contributed by atoms with Gasteiger partial charge in [0.1, 0.15) is 0 Å². The van der Waals surface area contributed by atoms with Crippen molar-refractivity contribution < 1.29 is 13.2 Å². The number of carbonyl (C=O) groups excluding carboxylic acids is 1. The summed E-state index contributed by atoms with van der Waals surface area (Å²) in [5.74, 6) is -0.0526. The summed E-state index contributed by atoms with van der Waals surface area (Å²) in [5.41, 5.74) is 4.17. The topological polar surface area (TPSA) is 69.0 Å². The number of aldehydes is 1. The van der Waals surface area contributed by atoms with Crippen LogP contribution >= 0.6 is 11.3 Å². The second kappa shape index (κ2) is 7.81. The molecule has 5 nitrogen and oxygen atoms in total. The van der Waals surface area contributed by atoms with Gasteiger partial charge in [-0.3, -0.25) is 4.79 Å². The quantitative estimate of drug-likeness (QED) is 0.375. The summed E-state index contributed by atoms with van der Waals surface area (Å²) in [6.45, 7) is 5.49. The molecule has 4 rings (SSSR count). The lowest BCUT2D eigenvalue weighted by atomic mass is 9.99. The van der Waals surface area contributed by atoms with Crippen molar-refractivity contribution in [2.24, 2.45) is 5.92 Å². The third-order valence-electron chi connectivity index (χ3n) is 5.53. The first kappa shape index (κ1) is 20.5. The smallest absolute Gasteiger partial charge is 0.243 e. The molecule has 0 aliphatic carbocycles. The van der Waals surface area contributed by atoms with E-state index < -0.39 is 15.3 Å². The first-order chi connectivity index (χ1) is 14.3. The SMILES string of the molecule is CC(C)[C@H](C)S(=O)(=O)n1cc(-c2ccccc2C=O)c2cc(-c3ccsc3)cnc21. The molecule has 0 unspecified atom stereocenters. The van der Waals surface area contributed by atoms with Crippen LogP contribution in [0.5, 0.6) is 0 Å². The van der Waals surface area contributed by atoms with E-state index in [1.807, 2.05) is 48.9 Å². The Morgan fingerprint density at radius 2 is 1.83 bits per heavy atom. The second-order valence-corrected chi connectivity index (χ2v) is 10.6. The van der Waals surface area contributed by atoms with E-state index in [1.54, 1.807) is 42.8 Å². The van der Waals surface area contributed by atoms with E-state index in [1.165, 1.54) is 3.97 Å². The Kier molecular flexibility index (Phi) is 5.34. The number of carbonyl (C=O) groups is 1. The van der Waals surface area contributed by atoms with E-state index in [2.05, 4.69) is 4.98 Å². The third kappa shape index (κ3) is 3.38. The largest absolute Gasteiger partial charge is 0.298 e. The summed E-state index contributed by atoms with van der Waals surface area (Å²) in [4.78, 5) is 16.2. The van der Waals surface area contributed by atoms with Gasteiger partial charge in [-0.05, 0) is 46.9 Å². The van der Waals surface area contributed by atoms with Crippen LogP contribution in [-0.2, 0) is 10.0 Å². The van der Waals surface area contributed by atoms with Gasteiger partial charge < -0.3 is 0 Å². The maximum atomic E-state index is 13.4. The lowest BCUT2D eigenvalue weighted by Crippen LogP contribution is -2.29. The molecule has 1 aromatic carbocycles. The maximum Gasteiger partial charge on any atom is 0.243 e. The van der Waals surface area contributed by atoms with Crippen molar-refractivity contribution in [1.29, 1.82) is 0 Å². The molecule has 0 N–H and O–H groups in total. The van der Waals surface area contributed by atoms with Gasteiger partial charge in [-0.15, -0.1) is 0 Å². The number of aromatic nitrogens is 2. The van der Waals surface area contributed by atoms with Gasteiger partial charge in [-0.25, -0.2) is 17.4 Å². The van der Waals surface area contributed by atoms with E-state index in [9.17, 15) is 13.2 Å². The average Bonchev–Trinajstić information content (AvgIpc) is 3.41. The molecule has 0 aliphatic heterocycles. The standard InChI is InChI=1S/C23H22N2O3S2/c1-15(2)16(3)30(27,28)25-12-22(20-7-5-4-6-17(20)13-26)21-10-19(11-24-23(21)25)18-8-9-29-14-18/h4-16H,1-3H3/t16-/m0/s1. The third-order valence-corrected chi connectivity index (χ3v) is 8.52. The molecule has 0 spiro atoms. The van der Waals surface area contributed by atoms with Gasteiger partial charge in [-0.2, -0.15) is 11.3 Å². The Balaban J connectivity index is 2.05. The Morgan fingerprint density at radius 3 is 2.50 bits per heavy atom. The number of pyridine rings is 1. The first-order valence-electron chi connectivity index (χ1n) is 9.67. The fourth-order valence-corrected chi connectivity index (χ4v) is 5.79. The van der Waals surface area contributed by atoms with Crippen LogP contribution in [0.3, 0.4) is 0 Å². The summed E-state index contributed by atoms with van der Waals surface area (Å²) in [7, 11) is -3.67. The predicted molar refractivity (Wildman–Crippen MR) is 122 cm³/mol. The Bertz CT molecular complexity index is 1320. The molecule has 0 saturated heterocycles.